The third-order valence-electron chi connectivity index (χ3n) is 6.00. The van der Waals surface area contributed by atoms with Gasteiger partial charge < -0.3 is 9.80 Å². The zero-order valence-corrected chi connectivity index (χ0v) is 14.7. The fourth-order valence-corrected chi connectivity index (χ4v) is 6.55. The smallest absolute Gasteiger partial charge is 0.225 e. The maximum Gasteiger partial charge on any atom is 0.225 e. The minimum Gasteiger partial charge on any atom is -0.341 e. The number of hydrogen-bond donors (Lipinski definition) is 0. The van der Waals surface area contributed by atoms with E-state index in [1.165, 1.54) is 25.7 Å². The van der Waals surface area contributed by atoms with Gasteiger partial charge in [-0.25, -0.2) is 18.4 Å². The molecule has 0 N–H and O–H groups in total. The van der Waals surface area contributed by atoms with Crippen LogP contribution in [-0.2, 0) is 15.6 Å². The number of nitrogens with zero attached hydrogens (tertiary/aromatic N) is 4. The van der Waals surface area contributed by atoms with Crippen molar-refractivity contribution in [3.05, 3.63) is 17.5 Å². The largest absolute Gasteiger partial charge is 0.341 e. The number of likely N-dealkylation sites (tertiary alicyclic amines) is 1. The highest BCUT2D eigenvalue weighted by atomic mass is 32.2. The number of rotatable bonds is 3. The number of anilines is 1. The van der Waals surface area contributed by atoms with Crippen molar-refractivity contribution in [1.29, 1.82) is 0 Å². The molecule has 7 heteroatoms. The van der Waals surface area contributed by atoms with Crippen LogP contribution >= 0.6 is 0 Å². The van der Waals surface area contributed by atoms with Crippen LogP contribution < -0.4 is 4.90 Å². The quantitative estimate of drug-likeness (QED) is 0.817. The van der Waals surface area contributed by atoms with E-state index in [1.807, 2.05) is 0 Å². The fraction of sp³-hybridized carbons (Fsp3) is 0.765. The van der Waals surface area contributed by atoms with Crippen molar-refractivity contribution in [2.24, 2.45) is 5.92 Å². The lowest BCUT2D eigenvalue weighted by atomic mass is 10.00. The first-order valence-corrected chi connectivity index (χ1v) is 10.9. The summed E-state index contributed by atoms with van der Waals surface area (Å²) in [6.07, 6.45) is 6.76. The fourth-order valence-electron chi connectivity index (χ4n) is 4.53. The first-order valence-electron chi connectivity index (χ1n) is 9.15. The Bertz CT molecular complexity index is 756. The lowest BCUT2D eigenvalue weighted by molar-refractivity contribution is 0.320. The maximum atomic E-state index is 12.7. The lowest BCUT2D eigenvalue weighted by Crippen LogP contribution is -2.35. The van der Waals surface area contributed by atoms with E-state index in [1.54, 1.807) is 6.20 Å². The highest BCUT2D eigenvalue weighted by Gasteiger charge is 2.48. The van der Waals surface area contributed by atoms with Gasteiger partial charge in [0.15, 0.2) is 9.84 Å². The van der Waals surface area contributed by atoms with Crippen LogP contribution in [0.25, 0.3) is 0 Å². The zero-order valence-electron chi connectivity index (χ0n) is 13.9. The monoisotopic (exact) mass is 348 g/mol. The zero-order chi connectivity index (χ0) is 16.3. The molecule has 1 aliphatic carbocycles. The predicted octanol–water partition coefficient (Wildman–Crippen LogP) is 1.18. The molecule has 0 bridgehead atoms. The Morgan fingerprint density at radius 2 is 1.96 bits per heavy atom. The van der Waals surface area contributed by atoms with Gasteiger partial charge >= 0.3 is 0 Å². The highest BCUT2D eigenvalue weighted by Crippen LogP contribution is 2.41. The van der Waals surface area contributed by atoms with Crippen LogP contribution in [0.3, 0.4) is 0 Å². The van der Waals surface area contributed by atoms with Crippen molar-refractivity contribution >= 4 is 15.8 Å². The van der Waals surface area contributed by atoms with Gasteiger partial charge in [-0.1, -0.05) is 0 Å². The first kappa shape index (κ1) is 15.1. The molecular weight excluding hydrogens is 324 g/mol. The van der Waals surface area contributed by atoms with Crippen LogP contribution in [0.4, 0.5) is 5.95 Å². The van der Waals surface area contributed by atoms with Gasteiger partial charge in [-0.15, -0.1) is 0 Å². The van der Waals surface area contributed by atoms with E-state index in [2.05, 4.69) is 14.8 Å². The molecule has 1 saturated carbocycles. The maximum absolute atomic E-state index is 12.7. The first-order chi connectivity index (χ1) is 11.6. The Hall–Kier alpha value is -1.21. The summed E-state index contributed by atoms with van der Waals surface area (Å²) in [4.78, 5) is 13.9. The van der Waals surface area contributed by atoms with Gasteiger partial charge in [0.1, 0.15) is 0 Å². The number of sulfone groups is 1. The van der Waals surface area contributed by atoms with Crippen molar-refractivity contribution < 1.29 is 8.42 Å². The third-order valence-corrected chi connectivity index (χ3v) is 8.11. The van der Waals surface area contributed by atoms with Gasteiger partial charge in [-0.3, -0.25) is 0 Å². The second-order valence-corrected chi connectivity index (χ2v) is 10.1. The van der Waals surface area contributed by atoms with Crippen molar-refractivity contribution in [3.8, 4) is 0 Å². The van der Waals surface area contributed by atoms with E-state index in [0.29, 0.717) is 6.54 Å². The molecule has 6 nitrogen and oxygen atoms in total. The summed E-state index contributed by atoms with van der Waals surface area (Å²) in [6.45, 7) is 4.61. The van der Waals surface area contributed by atoms with Crippen LogP contribution in [-0.4, -0.2) is 61.3 Å². The van der Waals surface area contributed by atoms with E-state index in [4.69, 9.17) is 4.98 Å². The van der Waals surface area contributed by atoms with E-state index < -0.39 is 9.84 Å². The van der Waals surface area contributed by atoms with Crippen LogP contribution in [0.1, 0.15) is 42.9 Å². The minimum atomic E-state index is -3.09. The Morgan fingerprint density at radius 3 is 2.71 bits per heavy atom. The minimum absolute atomic E-state index is 0.0295. The van der Waals surface area contributed by atoms with Gasteiger partial charge in [0, 0.05) is 50.4 Å². The van der Waals surface area contributed by atoms with E-state index in [-0.39, 0.29) is 16.9 Å². The molecule has 1 aromatic rings. The molecule has 24 heavy (non-hydrogen) atoms. The van der Waals surface area contributed by atoms with Crippen molar-refractivity contribution in [2.75, 3.05) is 37.6 Å². The summed E-state index contributed by atoms with van der Waals surface area (Å²) >= 11 is 0. The van der Waals surface area contributed by atoms with E-state index in [9.17, 15) is 8.42 Å². The number of aromatic nitrogens is 2. The molecule has 3 aliphatic heterocycles. The second-order valence-electron chi connectivity index (χ2n) is 7.89. The Morgan fingerprint density at radius 1 is 1.17 bits per heavy atom. The van der Waals surface area contributed by atoms with E-state index in [0.717, 1.165) is 49.3 Å². The standard InChI is InChI=1S/C17H24N4O2S/c22-24(23)11-13-7-18-17(21-5-1-2-6-21)19-16(13)14-9-20(10-15(14)24)8-12-3-4-12/h7,12,14-15H,1-6,8-11H2/t14-,15+/m1/s1. The van der Waals surface area contributed by atoms with E-state index >= 15 is 0 Å². The summed E-state index contributed by atoms with van der Waals surface area (Å²) in [6, 6.07) is 0. The van der Waals surface area contributed by atoms with Crippen LogP contribution in [0.2, 0.25) is 0 Å². The normalized spacial score (nSPS) is 31.9. The predicted molar refractivity (Wildman–Crippen MR) is 91.8 cm³/mol. The summed E-state index contributed by atoms with van der Waals surface area (Å²) < 4.78 is 25.4. The molecule has 2 atom stereocenters. The van der Waals surface area contributed by atoms with Gasteiger partial charge in [-0.2, -0.15) is 0 Å². The molecule has 0 radical (unpaired) electrons. The van der Waals surface area contributed by atoms with Crippen LogP contribution in [0.15, 0.2) is 6.20 Å². The van der Waals surface area contributed by atoms with Crippen LogP contribution in [0.5, 0.6) is 0 Å². The van der Waals surface area contributed by atoms with Gasteiger partial charge in [-0.05, 0) is 31.6 Å². The molecule has 4 aliphatic rings. The summed E-state index contributed by atoms with van der Waals surface area (Å²) in [5, 5.41) is -0.273. The number of fused-ring (bicyclic) bond motifs is 3. The Kier molecular flexibility index (Phi) is 3.39. The number of hydrogen-bond acceptors (Lipinski definition) is 6. The molecule has 1 aromatic heterocycles. The molecule has 0 amide bonds. The third kappa shape index (κ3) is 2.52. The molecule has 0 unspecified atom stereocenters. The highest BCUT2D eigenvalue weighted by molar-refractivity contribution is 7.91. The topological polar surface area (TPSA) is 66.4 Å². The molecule has 0 spiro atoms. The molecule has 4 heterocycles. The average molecular weight is 348 g/mol. The Labute approximate surface area is 143 Å². The molecule has 5 rings (SSSR count). The summed E-state index contributed by atoms with van der Waals surface area (Å²) in [5.74, 6) is 1.73. The van der Waals surface area contributed by atoms with Crippen molar-refractivity contribution in [2.45, 2.75) is 42.6 Å². The second kappa shape index (κ2) is 5.39. The molecular formula is C17H24N4O2S. The average Bonchev–Trinajstić information content (AvgIpc) is 3.02. The summed E-state index contributed by atoms with van der Waals surface area (Å²) in [7, 11) is -3.09. The van der Waals surface area contributed by atoms with Crippen LogP contribution in [0, 0.1) is 5.92 Å². The van der Waals surface area contributed by atoms with Gasteiger partial charge in [0.2, 0.25) is 5.95 Å². The van der Waals surface area contributed by atoms with Gasteiger partial charge in [0.25, 0.3) is 0 Å². The molecule has 130 valence electrons. The molecule has 0 aromatic carbocycles. The summed E-state index contributed by atoms with van der Waals surface area (Å²) in [5.41, 5.74) is 1.83. The van der Waals surface area contributed by atoms with Crippen molar-refractivity contribution in [3.63, 3.8) is 0 Å². The SMILES string of the molecule is O=S1(=O)Cc2cnc(N3CCCC3)nc2[C@@H]2CN(CC3CC3)C[C@@H]21. The Balaban J connectivity index is 1.49. The van der Waals surface area contributed by atoms with Gasteiger partial charge in [0.05, 0.1) is 16.7 Å². The molecule has 3 fully saturated rings. The van der Waals surface area contributed by atoms with Crippen molar-refractivity contribution in [1.82, 2.24) is 14.9 Å². The molecule has 2 saturated heterocycles. The lowest BCUT2D eigenvalue weighted by Gasteiger charge is -2.27.